The monoisotopic (exact) mass is 416 g/mol. The molecule has 1 saturated heterocycles. The number of fused-ring (bicyclic) bond motifs is 1. The molecule has 1 fully saturated rings. The minimum absolute atomic E-state index is 0.0700. The second-order valence-electron chi connectivity index (χ2n) is 7.83. The molecule has 158 valence electrons. The maximum Gasteiger partial charge on any atom is 0.311 e. The van der Waals surface area contributed by atoms with Gasteiger partial charge in [-0.3, -0.25) is 14.4 Å². The fourth-order valence-electron chi connectivity index (χ4n) is 3.98. The molecule has 6 heteroatoms. The van der Waals surface area contributed by atoms with Gasteiger partial charge in [0.05, 0.1) is 11.6 Å². The Bertz CT molecular complexity index is 1150. The number of carbonyl (C=O) groups excluding carboxylic acids is 3. The fraction of sp³-hybridized carbons (Fsp3) is 0.240. The highest BCUT2D eigenvalue weighted by molar-refractivity contribution is 6.06. The molecule has 31 heavy (non-hydrogen) atoms. The molecule has 0 spiro atoms. The first-order chi connectivity index (χ1) is 14.9. The third-order valence-electron chi connectivity index (χ3n) is 5.61. The van der Waals surface area contributed by atoms with Crippen molar-refractivity contribution in [2.75, 3.05) is 23.4 Å². The van der Waals surface area contributed by atoms with Crippen molar-refractivity contribution in [1.82, 2.24) is 0 Å². The van der Waals surface area contributed by atoms with E-state index in [1.807, 2.05) is 74.5 Å². The number of nitrogens with zero attached hydrogens (tertiary/aromatic N) is 1. The molecule has 1 unspecified atom stereocenters. The third-order valence-corrected chi connectivity index (χ3v) is 5.61. The predicted octanol–water partition coefficient (Wildman–Crippen LogP) is 3.99. The smallest absolute Gasteiger partial charge is 0.311 e. The molecule has 0 aliphatic carbocycles. The van der Waals surface area contributed by atoms with E-state index < -0.39 is 17.8 Å². The summed E-state index contributed by atoms with van der Waals surface area (Å²) in [5, 5.41) is 4.78. The molecule has 0 aromatic heterocycles. The van der Waals surface area contributed by atoms with Crippen molar-refractivity contribution in [3.63, 3.8) is 0 Å². The van der Waals surface area contributed by atoms with Gasteiger partial charge in [-0.1, -0.05) is 54.6 Å². The molecule has 0 saturated carbocycles. The predicted molar refractivity (Wildman–Crippen MR) is 120 cm³/mol. The first-order valence-corrected chi connectivity index (χ1v) is 10.2. The van der Waals surface area contributed by atoms with Crippen LogP contribution < -0.4 is 10.2 Å². The van der Waals surface area contributed by atoms with E-state index in [4.69, 9.17) is 4.74 Å². The molecule has 3 aromatic rings. The summed E-state index contributed by atoms with van der Waals surface area (Å²) in [4.78, 5) is 39.1. The average molecular weight is 416 g/mol. The van der Waals surface area contributed by atoms with Crippen molar-refractivity contribution in [3.8, 4) is 0 Å². The lowest BCUT2D eigenvalue weighted by Gasteiger charge is -2.19. The van der Waals surface area contributed by atoms with Crippen molar-refractivity contribution in [3.05, 3.63) is 71.8 Å². The Kier molecular flexibility index (Phi) is 5.71. The molecule has 6 nitrogen and oxygen atoms in total. The van der Waals surface area contributed by atoms with E-state index in [-0.39, 0.29) is 25.5 Å². The first-order valence-electron chi connectivity index (χ1n) is 10.2. The van der Waals surface area contributed by atoms with Crippen LogP contribution in [0.1, 0.15) is 17.5 Å². The fourth-order valence-corrected chi connectivity index (χ4v) is 3.98. The van der Waals surface area contributed by atoms with Crippen LogP contribution in [0.25, 0.3) is 10.8 Å². The third kappa shape index (κ3) is 4.28. The number of ether oxygens (including phenoxy) is 1. The van der Waals surface area contributed by atoms with Crippen LogP contribution in [0.5, 0.6) is 0 Å². The van der Waals surface area contributed by atoms with Crippen LogP contribution >= 0.6 is 0 Å². The van der Waals surface area contributed by atoms with Gasteiger partial charge in [-0.05, 0) is 36.4 Å². The van der Waals surface area contributed by atoms with Gasteiger partial charge in [-0.25, -0.2) is 0 Å². The molecule has 4 rings (SSSR count). The van der Waals surface area contributed by atoms with E-state index in [1.54, 1.807) is 4.90 Å². The minimum atomic E-state index is -0.598. The van der Waals surface area contributed by atoms with Crippen molar-refractivity contribution in [1.29, 1.82) is 0 Å². The van der Waals surface area contributed by atoms with Gasteiger partial charge in [0.25, 0.3) is 5.91 Å². The highest BCUT2D eigenvalue weighted by Gasteiger charge is 2.36. The van der Waals surface area contributed by atoms with Gasteiger partial charge in [0, 0.05) is 24.0 Å². The molecule has 1 aliphatic rings. The maximum absolute atomic E-state index is 12.6. The summed E-state index contributed by atoms with van der Waals surface area (Å²) in [5.74, 6) is -1.66. The van der Waals surface area contributed by atoms with Crippen LogP contribution in [-0.4, -0.2) is 30.9 Å². The quantitative estimate of drug-likeness (QED) is 0.638. The highest BCUT2D eigenvalue weighted by atomic mass is 16.5. The highest BCUT2D eigenvalue weighted by Crippen LogP contribution is 2.32. The Hall–Kier alpha value is -3.67. The minimum Gasteiger partial charge on any atom is -0.455 e. The molecule has 1 N–H and O–H groups in total. The van der Waals surface area contributed by atoms with Gasteiger partial charge in [0.1, 0.15) is 0 Å². The van der Waals surface area contributed by atoms with E-state index in [0.717, 1.165) is 33.3 Å². The second kappa shape index (κ2) is 8.60. The summed E-state index contributed by atoms with van der Waals surface area (Å²) < 4.78 is 5.23. The van der Waals surface area contributed by atoms with E-state index in [9.17, 15) is 14.4 Å². The number of benzene rings is 3. The van der Waals surface area contributed by atoms with Crippen LogP contribution in [0, 0.1) is 19.8 Å². The molecule has 0 bridgehead atoms. The molecular weight excluding hydrogens is 392 g/mol. The van der Waals surface area contributed by atoms with Crippen LogP contribution in [0.4, 0.5) is 11.4 Å². The van der Waals surface area contributed by atoms with Gasteiger partial charge < -0.3 is 15.0 Å². The zero-order chi connectivity index (χ0) is 22.0. The van der Waals surface area contributed by atoms with E-state index in [2.05, 4.69) is 5.32 Å². The average Bonchev–Trinajstić information content (AvgIpc) is 3.16. The molecule has 3 aromatic carbocycles. The molecule has 1 heterocycles. The number of carbonyl (C=O) groups is 3. The van der Waals surface area contributed by atoms with Gasteiger partial charge in [0.15, 0.2) is 6.61 Å². The second-order valence-corrected chi connectivity index (χ2v) is 7.83. The Morgan fingerprint density at radius 3 is 2.45 bits per heavy atom. The summed E-state index contributed by atoms with van der Waals surface area (Å²) in [6.07, 6.45) is 0.0700. The Morgan fingerprint density at radius 1 is 1.00 bits per heavy atom. The normalized spacial score (nSPS) is 15.9. The molecule has 2 amide bonds. The van der Waals surface area contributed by atoms with E-state index in [0.29, 0.717) is 0 Å². The van der Waals surface area contributed by atoms with Crippen molar-refractivity contribution < 1.29 is 19.1 Å². The van der Waals surface area contributed by atoms with E-state index >= 15 is 0 Å². The zero-order valence-electron chi connectivity index (χ0n) is 17.6. The van der Waals surface area contributed by atoms with Crippen LogP contribution in [0.15, 0.2) is 60.7 Å². The van der Waals surface area contributed by atoms with Crippen molar-refractivity contribution >= 4 is 39.9 Å². The topological polar surface area (TPSA) is 75.7 Å². The zero-order valence-corrected chi connectivity index (χ0v) is 17.6. The van der Waals surface area contributed by atoms with Gasteiger partial charge in [0.2, 0.25) is 5.91 Å². The Balaban J connectivity index is 1.39. The number of aryl methyl sites for hydroxylation is 2. The number of anilines is 2. The summed E-state index contributed by atoms with van der Waals surface area (Å²) in [7, 11) is 0. The number of hydrogen-bond donors (Lipinski definition) is 1. The maximum atomic E-state index is 12.6. The first kappa shape index (κ1) is 20.6. The summed E-state index contributed by atoms with van der Waals surface area (Å²) in [5.41, 5.74) is 3.38. The Labute approximate surface area is 180 Å². The summed E-state index contributed by atoms with van der Waals surface area (Å²) >= 11 is 0. The number of para-hydroxylation sites is 1. The SMILES string of the molecule is Cc1cccc(C)c1NC(=O)COC(=O)C1CC(=O)N(c2cccc3ccccc23)C1. The molecule has 1 aliphatic heterocycles. The molecule has 0 radical (unpaired) electrons. The van der Waals surface area contributed by atoms with Gasteiger partial charge in [-0.2, -0.15) is 0 Å². The number of hydrogen-bond acceptors (Lipinski definition) is 4. The summed E-state index contributed by atoms with van der Waals surface area (Å²) in [6, 6.07) is 19.3. The Morgan fingerprint density at radius 2 is 1.68 bits per heavy atom. The number of amides is 2. The lowest BCUT2D eigenvalue weighted by molar-refractivity contribution is -0.151. The van der Waals surface area contributed by atoms with Gasteiger partial charge in [-0.15, -0.1) is 0 Å². The number of rotatable bonds is 5. The summed E-state index contributed by atoms with van der Waals surface area (Å²) in [6.45, 7) is 3.66. The lowest BCUT2D eigenvalue weighted by atomic mass is 10.1. The number of nitrogens with one attached hydrogen (secondary N) is 1. The van der Waals surface area contributed by atoms with Crippen molar-refractivity contribution in [2.24, 2.45) is 5.92 Å². The van der Waals surface area contributed by atoms with Crippen LogP contribution in [-0.2, 0) is 19.1 Å². The lowest BCUT2D eigenvalue weighted by Crippen LogP contribution is -2.28. The largest absolute Gasteiger partial charge is 0.455 e. The molecule has 1 atom stereocenters. The van der Waals surface area contributed by atoms with Crippen molar-refractivity contribution in [2.45, 2.75) is 20.3 Å². The van der Waals surface area contributed by atoms with E-state index in [1.165, 1.54) is 0 Å². The standard InChI is InChI=1S/C25H24N2O4/c1-16-7-5-8-17(2)24(16)26-22(28)15-31-25(30)19-13-23(29)27(14-19)21-12-6-10-18-9-3-4-11-20(18)21/h3-12,19H,13-15H2,1-2H3,(H,26,28). The number of esters is 1. The van der Waals surface area contributed by atoms with Crippen LogP contribution in [0.3, 0.4) is 0 Å². The van der Waals surface area contributed by atoms with Crippen LogP contribution in [0.2, 0.25) is 0 Å². The van der Waals surface area contributed by atoms with Gasteiger partial charge >= 0.3 is 5.97 Å². The molecular formula is C25H24N2O4.